The summed E-state index contributed by atoms with van der Waals surface area (Å²) in [5.74, 6) is 0.799. The first-order valence-corrected chi connectivity index (χ1v) is 16.7. The van der Waals surface area contributed by atoms with E-state index in [1.807, 2.05) is 26.0 Å². The SMILES string of the molecule is COCCCN1CCOc2ccc(CO[C@H]3CN(C(=O)[C@@H](N)C(C)C)C[C@@H](CO)[C@@H]3c3ccc(COC[C@@H](C)COC)cc3)cc21. The average Bonchev–Trinajstić information content (AvgIpc) is 3.06. The molecular weight excluding hydrogens is 586 g/mol. The lowest BCUT2D eigenvalue weighted by atomic mass is 9.78. The number of aliphatic hydroxyl groups is 1. The molecule has 0 aromatic heterocycles. The zero-order chi connectivity index (χ0) is 33.1. The highest BCUT2D eigenvalue weighted by atomic mass is 16.5. The van der Waals surface area contributed by atoms with Crippen molar-refractivity contribution in [1.82, 2.24) is 4.90 Å². The van der Waals surface area contributed by atoms with Crippen molar-refractivity contribution in [3.8, 4) is 5.75 Å². The van der Waals surface area contributed by atoms with Crippen LogP contribution in [0, 0.1) is 17.8 Å². The molecule has 10 heteroatoms. The van der Waals surface area contributed by atoms with E-state index >= 15 is 0 Å². The maximum atomic E-state index is 13.4. The summed E-state index contributed by atoms with van der Waals surface area (Å²) in [6.07, 6.45) is 0.597. The van der Waals surface area contributed by atoms with Gasteiger partial charge in [-0.2, -0.15) is 0 Å². The first-order chi connectivity index (χ1) is 22.2. The Labute approximate surface area is 275 Å². The number of nitrogens with two attached hydrogens (primary N) is 1. The summed E-state index contributed by atoms with van der Waals surface area (Å²) in [5.41, 5.74) is 10.5. The van der Waals surface area contributed by atoms with Gasteiger partial charge in [0.1, 0.15) is 12.4 Å². The van der Waals surface area contributed by atoms with Gasteiger partial charge >= 0.3 is 0 Å². The monoisotopic (exact) mass is 641 g/mol. The summed E-state index contributed by atoms with van der Waals surface area (Å²) in [7, 11) is 3.43. The quantitative estimate of drug-likeness (QED) is 0.249. The second-order valence-electron chi connectivity index (χ2n) is 13.1. The topological polar surface area (TPSA) is 116 Å². The number of hydrogen-bond donors (Lipinski definition) is 2. The molecule has 4 rings (SSSR count). The van der Waals surface area contributed by atoms with Gasteiger partial charge < -0.3 is 44.3 Å². The first-order valence-electron chi connectivity index (χ1n) is 16.7. The minimum Gasteiger partial charge on any atom is -0.490 e. The normalized spacial score (nSPS) is 21.2. The smallest absolute Gasteiger partial charge is 0.239 e. The Morgan fingerprint density at radius 2 is 1.78 bits per heavy atom. The predicted octanol–water partition coefficient (Wildman–Crippen LogP) is 3.82. The first kappa shape index (κ1) is 36.1. The van der Waals surface area contributed by atoms with E-state index in [0.29, 0.717) is 58.6 Å². The molecule has 0 spiro atoms. The summed E-state index contributed by atoms with van der Waals surface area (Å²) in [4.78, 5) is 17.5. The Morgan fingerprint density at radius 3 is 2.48 bits per heavy atom. The number of nitrogens with zero attached hydrogens (tertiary/aromatic N) is 2. The number of rotatable bonds is 17. The Kier molecular flexibility index (Phi) is 14.1. The number of fused-ring (bicyclic) bond motifs is 1. The van der Waals surface area contributed by atoms with E-state index in [0.717, 1.165) is 47.6 Å². The Balaban J connectivity index is 1.53. The molecule has 256 valence electrons. The van der Waals surface area contributed by atoms with Crippen LogP contribution < -0.4 is 15.4 Å². The van der Waals surface area contributed by atoms with E-state index in [9.17, 15) is 9.90 Å². The second kappa shape index (κ2) is 18.0. The van der Waals surface area contributed by atoms with Crippen molar-refractivity contribution in [2.45, 2.75) is 58.5 Å². The Hall–Kier alpha value is -2.73. The number of anilines is 1. The molecule has 5 atom stereocenters. The minimum absolute atomic E-state index is 0.00830. The fraction of sp³-hybridized carbons (Fsp3) is 0.639. The average molecular weight is 642 g/mol. The van der Waals surface area contributed by atoms with Gasteiger partial charge in [-0.1, -0.05) is 51.1 Å². The van der Waals surface area contributed by atoms with Gasteiger partial charge in [0, 0.05) is 64.8 Å². The van der Waals surface area contributed by atoms with Crippen LogP contribution in [0.4, 0.5) is 5.69 Å². The molecule has 2 aromatic rings. The molecule has 2 aliphatic rings. The molecule has 0 aliphatic carbocycles. The van der Waals surface area contributed by atoms with Crippen molar-refractivity contribution < 1.29 is 33.6 Å². The molecule has 1 fully saturated rings. The standard InChI is InChI=1S/C36H55N3O7/c1-25(2)35(37)36(41)39-18-30(20-40)34(29-10-7-27(8-11-29)23-44-22-26(3)21-43-5)33(19-39)46-24-28-9-12-32-31(17-28)38(14-16-45-32)13-6-15-42-4/h7-12,17,25-26,30,33-35,40H,6,13-16,18-24,37H2,1-5H3/t26-,30-,33-,34-,35-/m0/s1. The van der Waals surface area contributed by atoms with Crippen molar-refractivity contribution in [3.05, 3.63) is 59.2 Å². The van der Waals surface area contributed by atoms with Crippen LogP contribution in [0.2, 0.25) is 0 Å². The Bertz CT molecular complexity index is 1210. The molecule has 2 aromatic carbocycles. The number of methoxy groups -OCH3 is 2. The summed E-state index contributed by atoms with van der Waals surface area (Å²) >= 11 is 0. The number of benzene rings is 2. The molecule has 3 N–H and O–H groups in total. The maximum Gasteiger partial charge on any atom is 0.239 e. The molecule has 1 saturated heterocycles. The van der Waals surface area contributed by atoms with Gasteiger partial charge in [0.25, 0.3) is 0 Å². The van der Waals surface area contributed by atoms with Crippen LogP contribution in [-0.2, 0) is 37.0 Å². The lowest BCUT2D eigenvalue weighted by Crippen LogP contribution is -2.56. The van der Waals surface area contributed by atoms with Gasteiger partial charge in [-0.05, 0) is 41.2 Å². The summed E-state index contributed by atoms with van der Waals surface area (Å²) in [6, 6.07) is 14.0. The molecule has 2 heterocycles. The number of carbonyl (C=O) groups is 1. The van der Waals surface area contributed by atoms with Crippen LogP contribution in [0.25, 0.3) is 0 Å². The summed E-state index contributed by atoms with van der Waals surface area (Å²) in [6.45, 7) is 12.0. The van der Waals surface area contributed by atoms with Crippen molar-refractivity contribution in [2.75, 3.05) is 78.3 Å². The lowest BCUT2D eigenvalue weighted by molar-refractivity contribution is -0.142. The largest absolute Gasteiger partial charge is 0.490 e. The molecule has 1 amide bonds. The number of amides is 1. The van der Waals surface area contributed by atoms with Crippen molar-refractivity contribution in [1.29, 1.82) is 0 Å². The molecule has 10 nitrogen and oxygen atoms in total. The van der Waals surface area contributed by atoms with E-state index in [4.69, 9.17) is 29.4 Å². The predicted molar refractivity (Wildman–Crippen MR) is 179 cm³/mol. The molecule has 0 radical (unpaired) electrons. The summed E-state index contributed by atoms with van der Waals surface area (Å²) < 4.78 is 29.0. The molecule has 0 bridgehead atoms. The lowest BCUT2D eigenvalue weighted by Gasteiger charge is -2.44. The van der Waals surface area contributed by atoms with Gasteiger partial charge in [0.15, 0.2) is 0 Å². The maximum absolute atomic E-state index is 13.4. The van der Waals surface area contributed by atoms with Gasteiger partial charge in [-0.15, -0.1) is 0 Å². The van der Waals surface area contributed by atoms with E-state index in [2.05, 4.69) is 42.2 Å². The zero-order valence-corrected chi connectivity index (χ0v) is 28.4. The third-order valence-corrected chi connectivity index (χ3v) is 9.02. The number of hydrogen-bond acceptors (Lipinski definition) is 9. The molecule has 2 aliphatic heterocycles. The van der Waals surface area contributed by atoms with Crippen LogP contribution in [0.5, 0.6) is 5.75 Å². The number of aliphatic hydroxyl groups excluding tert-OH is 1. The van der Waals surface area contributed by atoms with Crippen LogP contribution in [0.15, 0.2) is 42.5 Å². The van der Waals surface area contributed by atoms with Gasteiger partial charge in [-0.3, -0.25) is 4.79 Å². The second-order valence-corrected chi connectivity index (χ2v) is 13.1. The van der Waals surface area contributed by atoms with Gasteiger partial charge in [0.2, 0.25) is 5.91 Å². The van der Waals surface area contributed by atoms with E-state index in [1.165, 1.54) is 0 Å². The summed E-state index contributed by atoms with van der Waals surface area (Å²) in [5, 5.41) is 10.6. The van der Waals surface area contributed by atoms with E-state index < -0.39 is 6.04 Å². The molecule has 0 saturated carbocycles. The highest BCUT2D eigenvalue weighted by Crippen LogP contribution is 2.37. The third kappa shape index (κ3) is 9.65. The van der Waals surface area contributed by atoms with Crippen molar-refractivity contribution in [2.24, 2.45) is 23.5 Å². The van der Waals surface area contributed by atoms with Crippen LogP contribution in [-0.4, -0.2) is 101 Å². The van der Waals surface area contributed by atoms with Crippen LogP contribution in [0.1, 0.15) is 49.8 Å². The number of piperidine rings is 1. The highest BCUT2D eigenvalue weighted by Gasteiger charge is 2.41. The minimum atomic E-state index is -0.604. The molecule has 46 heavy (non-hydrogen) atoms. The van der Waals surface area contributed by atoms with Gasteiger partial charge in [-0.25, -0.2) is 0 Å². The Morgan fingerprint density at radius 1 is 1.02 bits per heavy atom. The fourth-order valence-corrected chi connectivity index (χ4v) is 6.39. The fourth-order valence-electron chi connectivity index (χ4n) is 6.39. The van der Waals surface area contributed by atoms with Crippen LogP contribution >= 0.6 is 0 Å². The number of likely N-dealkylation sites (tertiary alicyclic amines) is 1. The van der Waals surface area contributed by atoms with E-state index in [1.54, 1.807) is 19.1 Å². The number of carbonyl (C=O) groups excluding carboxylic acids is 1. The third-order valence-electron chi connectivity index (χ3n) is 9.02. The molecular formula is C36H55N3O7. The van der Waals surface area contributed by atoms with E-state index in [-0.39, 0.29) is 36.4 Å². The van der Waals surface area contributed by atoms with Crippen molar-refractivity contribution >= 4 is 11.6 Å². The van der Waals surface area contributed by atoms with Crippen molar-refractivity contribution in [3.63, 3.8) is 0 Å². The molecule has 0 unspecified atom stereocenters. The highest BCUT2D eigenvalue weighted by molar-refractivity contribution is 5.82. The van der Waals surface area contributed by atoms with Crippen LogP contribution in [0.3, 0.4) is 0 Å². The zero-order valence-electron chi connectivity index (χ0n) is 28.4. The number of ether oxygens (including phenoxy) is 5. The van der Waals surface area contributed by atoms with Gasteiger partial charge in [0.05, 0.1) is 50.8 Å².